The van der Waals surface area contributed by atoms with E-state index >= 15 is 0 Å². The Morgan fingerprint density at radius 1 is 1.06 bits per heavy atom. The van der Waals surface area contributed by atoms with Crippen molar-refractivity contribution in [2.75, 3.05) is 5.32 Å². The number of amides is 1. The molecule has 0 aliphatic rings. The molecule has 33 heavy (non-hydrogen) atoms. The normalized spacial score (nSPS) is 11.3. The van der Waals surface area contributed by atoms with E-state index in [0.29, 0.717) is 11.8 Å². The number of hydrogen-bond acceptors (Lipinski definition) is 4. The van der Waals surface area contributed by atoms with Gasteiger partial charge in [-0.2, -0.15) is 0 Å². The van der Waals surface area contributed by atoms with Crippen LogP contribution >= 0.6 is 12.2 Å². The maximum absolute atomic E-state index is 12.3. The zero-order chi connectivity index (χ0) is 23.4. The Bertz CT molecular complexity index is 1340. The van der Waals surface area contributed by atoms with Crippen LogP contribution in [0.3, 0.4) is 0 Å². The molecule has 0 atom stereocenters. The van der Waals surface area contributed by atoms with Crippen LogP contribution in [0.1, 0.15) is 36.5 Å². The summed E-state index contributed by atoms with van der Waals surface area (Å²) >= 11 is 5.30. The van der Waals surface area contributed by atoms with Gasteiger partial charge < -0.3 is 9.73 Å². The highest BCUT2D eigenvalue weighted by molar-refractivity contribution is 7.80. The van der Waals surface area contributed by atoms with Crippen molar-refractivity contribution in [1.29, 1.82) is 0 Å². The number of nitrogens with one attached hydrogen (secondary N) is 2. The van der Waals surface area contributed by atoms with Gasteiger partial charge in [-0.15, -0.1) is 0 Å². The summed E-state index contributed by atoms with van der Waals surface area (Å²) in [6.07, 6.45) is 3.23. The molecule has 0 fully saturated rings. The summed E-state index contributed by atoms with van der Waals surface area (Å²) in [5.41, 5.74) is 6.42. The van der Waals surface area contributed by atoms with Crippen LogP contribution in [0, 0.1) is 6.92 Å². The van der Waals surface area contributed by atoms with Gasteiger partial charge in [0.2, 0.25) is 11.8 Å². The van der Waals surface area contributed by atoms with Crippen LogP contribution < -0.4 is 10.6 Å². The molecule has 6 heteroatoms. The predicted octanol–water partition coefficient (Wildman–Crippen LogP) is 6.45. The third-order valence-corrected chi connectivity index (χ3v) is 5.38. The number of rotatable bonds is 5. The Morgan fingerprint density at radius 3 is 2.61 bits per heavy atom. The number of thiocarbonyl (C=S) groups is 1. The molecule has 1 heterocycles. The highest BCUT2D eigenvalue weighted by Crippen LogP contribution is 2.26. The maximum atomic E-state index is 12.3. The quantitative estimate of drug-likeness (QED) is 0.267. The van der Waals surface area contributed by atoms with Gasteiger partial charge in [0.1, 0.15) is 5.52 Å². The summed E-state index contributed by atoms with van der Waals surface area (Å²) in [6.45, 7) is 6.31. The van der Waals surface area contributed by atoms with Crippen molar-refractivity contribution in [3.63, 3.8) is 0 Å². The first kappa shape index (κ1) is 22.4. The molecule has 3 aromatic carbocycles. The lowest BCUT2D eigenvalue weighted by Gasteiger charge is -2.09. The van der Waals surface area contributed by atoms with Crippen molar-refractivity contribution in [1.82, 2.24) is 10.3 Å². The van der Waals surface area contributed by atoms with E-state index < -0.39 is 0 Å². The summed E-state index contributed by atoms with van der Waals surface area (Å²) in [7, 11) is 0. The molecule has 0 radical (unpaired) electrons. The van der Waals surface area contributed by atoms with Crippen LogP contribution in [0.25, 0.3) is 28.6 Å². The highest BCUT2D eigenvalue weighted by atomic mass is 32.1. The van der Waals surface area contributed by atoms with Crippen LogP contribution in [0.15, 0.2) is 77.2 Å². The number of anilines is 1. The van der Waals surface area contributed by atoms with E-state index in [1.165, 1.54) is 11.6 Å². The molecule has 1 amide bonds. The van der Waals surface area contributed by atoms with E-state index in [4.69, 9.17) is 16.6 Å². The van der Waals surface area contributed by atoms with Gasteiger partial charge in [0.05, 0.1) is 0 Å². The average Bonchev–Trinajstić information content (AvgIpc) is 3.21. The first-order valence-corrected chi connectivity index (χ1v) is 11.2. The number of carbonyl (C=O) groups excluding carboxylic acids is 1. The van der Waals surface area contributed by atoms with Crippen LogP contribution in [-0.2, 0) is 4.79 Å². The lowest BCUT2D eigenvalue weighted by Crippen LogP contribution is -2.32. The SMILES string of the molecule is Cc1ccc2nc(-c3cccc(NC(=S)NC(=O)/C=C/c4ccc(C(C)C)cc4)c3)oc2c1. The average molecular weight is 456 g/mol. The first-order valence-electron chi connectivity index (χ1n) is 10.7. The number of benzene rings is 3. The molecular weight excluding hydrogens is 430 g/mol. The standard InChI is InChI=1S/C27H25N3O2S/c1-17(2)20-11-8-19(9-12-20)10-14-25(31)30-27(33)28-22-6-4-5-21(16-22)26-29-23-13-7-18(3)15-24(23)32-26/h4-17H,1-3H3,(H2,28,30,31,33)/b14-10+. The van der Waals surface area contributed by atoms with Crippen molar-refractivity contribution in [2.45, 2.75) is 26.7 Å². The molecule has 0 bridgehead atoms. The molecule has 0 unspecified atom stereocenters. The van der Waals surface area contributed by atoms with Gasteiger partial charge >= 0.3 is 0 Å². The number of nitrogens with zero attached hydrogens (tertiary/aromatic N) is 1. The van der Waals surface area contributed by atoms with Crippen LogP contribution in [0.2, 0.25) is 0 Å². The minimum Gasteiger partial charge on any atom is -0.436 e. The lowest BCUT2D eigenvalue weighted by atomic mass is 10.0. The minimum atomic E-state index is -0.300. The monoisotopic (exact) mass is 455 g/mol. The van der Waals surface area contributed by atoms with Crippen molar-refractivity contribution >= 4 is 46.1 Å². The molecule has 0 saturated heterocycles. The summed E-state index contributed by atoms with van der Waals surface area (Å²) in [4.78, 5) is 16.8. The number of hydrogen-bond donors (Lipinski definition) is 2. The Kier molecular flexibility index (Phi) is 6.66. The molecule has 4 rings (SSSR count). The number of carbonyl (C=O) groups is 1. The Labute approximate surface area is 198 Å². The molecule has 2 N–H and O–H groups in total. The molecule has 0 aliphatic carbocycles. The zero-order valence-corrected chi connectivity index (χ0v) is 19.6. The predicted molar refractivity (Wildman–Crippen MR) is 138 cm³/mol. The third kappa shape index (κ3) is 5.73. The Hall–Kier alpha value is -3.77. The minimum absolute atomic E-state index is 0.213. The van der Waals surface area contributed by atoms with Crippen molar-refractivity contribution in [3.8, 4) is 11.5 Å². The fourth-order valence-corrected chi connectivity index (χ4v) is 3.58. The van der Waals surface area contributed by atoms with E-state index in [9.17, 15) is 4.79 Å². The van der Waals surface area contributed by atoms with Gasteiger partial charge in [-0.25, -0.2) is 4.98 Å². The fourth-order valence-electron chi connectivity index (χ4n) is 3.37. The van der Waals surface area contributed by atoms with Crippen molar-refractivity contribution < 1.29 is 9.21 Å². The molecule has 5 nitrogen and oxygen atoms in total. The molecular formula is C27H25N3O2S. The molecule has 0 aliphatic heterocycles. The molecule has 0 saturated carbocycles. The van der Waals surface area contributed by atoms with E-state index in [1.807, 2.05) is 61.5 Å². The second-order valence-corrected chi connectivity index (χ2v) is 8.58. The maximum Gasteiger partial charge on any atom is 0.250 e. The second kappa shape index (κ2) is 9.79. The van der Waals surface area contributed by atoms with Gasteiger partial charge in [0, 0.05) is 17.3 Å². The molecule has 166 valence electrons. The van der Waals surface area contributed by atoms with Gasteiger partial charge in [-0.3, -0.25) is 10.1 Å². The Morgan fingerprint density at radius 2 is 1.85 bits per heavy atom. The van der Waals surface area contributed by atoms with Crippen LogP contribution in [0.5, 0.6) is 0 Å². The number of aryl methyl sites for hydroxylation is 1. The highest BCUT2D eigenvalue weighted by Gasteiger charge is 2.10. The van der Waals surface area contributed by atoms with E-state index in [2.05, 4.69) is 41.6 Å². The molecule has 4 aromatic rings. The fraction of sp³-hybridized carbons (Fsp3) is 0.148. The van der Waals surface area contributed by atoms with Crippen molar-refractivity contribution in [2.24, 2.45) is 0 Å². The second-order valence-electron chi connectivity index (χ2n) is 8.17. The van der Waals surface area contributed by atoms with E-state index in [-0.39, 0.29) is 11.0 Å². The first-order chi connectivity index (χ1) is 15.9. The zero-order valence-electron chi connectivity index (χ0n) is 18.8. The number of oxazole rings is 1. The van der Waals surface area contributed by atoms with E-state index in [0.717, 1.165) is 33.5 Å². The summed E-state index contributed by atoms with van der Waals surface area (Å²) in [5.74, 6) is 0.701. The van der Waals surface area contributed by atoms with Gasteiger partial charge in [0.25, 0.3) is 0 Å². The number of aromatic nitrogens is 1. The summed E-state index contributed by atoms with van der Waals surface area (Å²) < 4.78 is 5.90. The smallest absolute Gasteiger partial charge is 0.250 e. The molecule has 1 aromatic heterocycles. The van der Waals surface area contributed by atoms with Crippen LogP contribution in [-0.4, -0.2) is 16.0 Å². The van der Waals surface area contributed by atoms with Gasteiger partial charge in [-0.05, 0) is 78.2 Å². The van der Waals surface area contributed by atoms with Crippen molar-refractivity contribution in [3.05, 3.63) is 89.5 Å². The topological polar surface area (TPSA) is 67.2 Å². The third-order valence-electron chi connectivity index (χ3n) is 5.18. The lowest BCUT2D eigenvalue weighted by molar-refractivity contribution is -0.115. The number of fused-ring (bicyclic) bond motifs is 1. The summed E-state index contributed by atoms with van der Waals surface area (Å²) in [6, 6.07) is 21.6. The van der Waals surface area contributed by atoms with Gasteiger partial charge in [-0.1, -0.05) is 50.2 Å². The Balaban J connectivity index is 1.38. The summed E-state index contributed by atoms with van der Waals surface area (Å²) in [5, 5.41) is 5.92. The largest absolute Gasteiger partial charge is 0.436 e. The van der Waals surface area contributed by atoms with E-state index in [1.54, 1.807) is 6.08 Å². The van der Waals surface area contributed by atoms with Gasteiger partial charge in [0.15, 0.2) is 10.7 Å². The molecule has 0 spiro atoms. The van der Waals surface area contributed by atoms with Crippen LogP contribution in [0.4, 0.5) is 5.69 Å².